The topological polar surface area (TPSA) is 77.8 Å². The minimum Gasteiger partial charge on any atom is -0.481 e. The maximum absolute atomic E-state index is 10.3. The largest absolute Gasteiger partial charge is 0.481 e. The van der Waals surface area contributed by atoms with Crippen LogP contribution < -0.4 is 0 Å². The van der Waals surface area contributed by atoms with Gasteiger partial charge in [-0.05, 0) is 32.1 Å². The van der Waals surface area contributed by atoms with Crippen molar-refractivity contribution in [1.82, 2.24) is 0 Å². The van der Waals surface area contributed by atoms with Crippen molar-refractivity contribution in [2.24, 2.45) is 0 Å². The van der Waals surface area contributed by atoms with Gasteiger partial charge in [-0.2, -0.15) is 0 Å². The highest BCUT2D eigenvalue weighted by atomic mass is 16.4. The molecule has 0 heterocycles. The molecule has 0 aliphatic heterocycles. The van der Waals surface area contributed by atoms with Gasteiger partial charge in [0, 0.05) is 6.42 Å². The van der Waals surface area contributed by atoms with Crippen LogP contribution in [0.1, 0.15) is 58.3 Å². The van der Waals surface area contributed by atoms with Crippen LogP contribution in [-0.4, -0.2) is 33.5 Å². The Kier molecular flexibility index (Phi) is 13.6. The van der Waals surface area contributed by atoms with Crippen LogP contribution in [0.4, 0.5) is 0 Å². The van der Waals surface area contributed by atoms with Gasteiger partial charge in [0.05, 0.1) is 12.2 Å². The molecule has 0 fully saturated rings. The van der Waals surface area contributed by atoms with Crippen LogP contribution in [0.15, 0.2) is 36.5 Å². The Labute approximate surface area is 133 Å². The normalized spacial score (nSPS) is 15.0. The maximum Gasteiger partial charge on any atom is 0.303 e. The van der Waals surface area contributed by atoms with Crippen LogP contribution in [0.5, 0.6) is 0 Å². The van der Waals surface area contributed by atoms with E-state index in [1.807, 2.05) is 12.2 Å². The Morgan fingerprint density at radius 3 is 2.23 bits per heavy atom. The summed E-state index contributed by atoms with van der Waals surface area (Å²) in [6.07, 6.45) is 15.6. The number of aliphatic hydroxyl groups excluding tert-OH is 2. The second kappa shape index (κ2) is 14.5. The third-order valence-electron chi connectivity index (χ3n) is 3.23. The summed E-state index contributed by atoms with van der Waals surface area (Å²) >= 11 is 0. The molecule has 0 aromatic heterocycles. The highest BCUT2D eigenvalue weighted by Gasteiger charge is 2.12. The fraction of sp³-hybridized carbons (Fsp3) is 0.611. The quantitative estimate of drug-likeness (QED) is 0.359. The molecule has 126 valence electrons. The van der Waals surface area contributed by atoms with Crippen molar-refractivity contribution in [2.45, 2.75) is 70.5 Å². The lowest BCUT2D eigenvalue weighted by atomic mass is 10.0. The van der Waals surface area contributed by atoms with Gasteiger partial charge in [0.1, 0.15) is 0 Å². The molecule has 0 aromatic rings. The average Bonchev–Trinajstić information content (AvgIpc) is 2.48. The first kappa shape index (κ1) is 20.6. The highest BCUT2D eigenvalue weighted by molar-refractivity contribution is 5.66. The van der Waals surface area contributed by atoms with Gasteiger partial charge in [-0.1, -0.05) is 56.2 Å². The fourth-order valence-corrected chi connectivity index (χ4v) is 1.94. The van der Waals surface area contributed by atoms with Crippen LogP contribution >= 0.6 is 0 Å². The molecule has 0 aromatic carbocycles. The zero-order valence-electron chi connectivity index (χ0n) is 13.5. The minimum atomic E-state index is -0.854. The van der Waals surface area contributed by atoms with E-state index in [-0.39, 0.29) is 6.42 Å². The summed E-state index contributed by atoms with van der Waals surface area (Å²) in [4.78, 5) is 10.3. The number of carboxylic acids is 1. The SMILES string of the molecule is CC/C=C\C/C=C\C/C=C\[C@H](O)[C@H](O)CCCCCC(=O)O. The molecule has 0 unspecified atom stereocenters. The monoisotopic (exact) mass is 310 g/mol. The second-order valence-electron chi connectivity index (χ2n) is 5.30. The molecule has 0 aliphatic carbocycles. The molecule has 0 aliphatic rings. The third kappa shape index (κ3) is 13.6. The van der Waals surface area contributed by atoms with E-state index < -0.39 is 18.2 Å². The van der Waals surface area contributed by atoms with Crippen molar-refractivity contribution in [3.63, 3.8) is 0 Å². The molecule has 3 N–H and O–H groups in total. The zero-order valence-corrected chi connectivity index (χ0v) is 13.5. The van der Waals surface area contributed by atoms with Gasteiger partial charge in [-0.25, -0.2) is 0 Å². The molecule has 0 amide bonds. The molecule has 2 atom stereocenters. The fourth-order valence-electron chi connectivity index (χ4n) is 1.94. The third-order valence-corrected chi connectivity index (χ3v) is 3.23. The molecule has 0 saturated carbocycles. The van der Waals surface area contributed by atoms with Crippen molar-refractivity contribution >= 4 is 5.97 Å². The van der Waals surface area contributed by atoms with Gasteiger partial charge in [-0.15, -0.1) is 0 Å². The second-order valence-corrected chi connectivity index (χ2v) is 5.30. The van der Waals surface area contributed by atoms with Gasteiger partial charge in [0.15, 0.2) is 0 Å². The van der Waals surface area contributed by atoms with E-state index in [0.717, 1.165) is 32.1 Å². The molecular formula is C18H30O4. The highest BCUT2D eigenvalue weighted by Crippen LogP contribution is 2.09. The van der Waals surface area contributed by atoms with Gasteiger partial charge < -0.3 is 15.3 Å². The van der Waals surface area contributed by atoms with Gasteiger partial charge in [-0.3, -0.25) is 4.79 Å². The first-order valence-electron chi connectivity index (χ1n) is 8.12. The van der Waals surface area contributed by atoms with E-state index in [9.17, 15) is 15.0 Å². The van der Waals surface area contributed by atoms with E-state index in [4.69, 9.17) is 5.11 Å². The first-order valence-corrected chi connectivity index (χ1v) is 8.12. The number of hydrogen-bond acceptors (Lipinski definition) is 3. The lowest BCUT2D eigenvalue weighted by molar-refractivity contribution is -0.137. The predicted molar refractivity (Wildman–Crippen MR) is 89.7 cm³/mol. The molecule has 0 radical (unpaired) electrons. The lowest BCUT2D eigenvalue weighted by Gasteiger charge is -2.14. The van der Waals surface area contributed by atoms with E-state index in [1.165, 1.54) is 0 Å². The maximum atomic E-state index is 10.3. The Hall–Kier alpha value is -1.39. The first-order chi connectivity index (χ1) is 10.6. The summed E-state index contributed by atoms with van der Waals surface area (Å²) in [6.45, 7) is 2.10. The number of unbranched alkanes of at least 4 members (excludes halogenated alkanes) is 2. The van der Waals surface area contributed by atoms with Gasteiger partial charge >= 0.3 is 5.97 Å². The molecule has 22 heavy (non-hydrogen) atoms. The molecule has 0 bridgehead atoms. The van der Waals surface area contributed by atoms with Gasteiger partial charge in [0.25, 0.3) is 0 Å². The predicted octanol–water partition coefficient (Wildman–Crippen LogP) is 3.60. The smallest absolute Gasteiger partial charge is 0.303 e. The van der Waals surface area contributed by atoms with Crippen LogP contribution in [0.2, 0.25) is 0 Å². The zero-order chi connectivity index (χ0) is 16.6. The summed E-state index contributed by atoms with van der Waals surface area (Å²) in [7, 11) is 0. The number of carbonyl (C=O) groups is 1. The molecule has 4 nitrogen and oxygen atoms in total. The average molecular weight is 310 g/mol. The van der Waals surface area contributed by atoms with Gasteiger partial charge in [0.2, 0.25) is 0 Å². The van der Waals surface area contributed by atoms with Crippen LogP contribution in [0.25, 0.3) is 0 Å². The lowest BCUT2D eigenvalue weighted by Crippen LogP contribution is -2.23. The molecule has 0 rings (SSSR count). The number of aliphatic hydroxyl groups is 2. The number of hydrogen-bond donors (Lipinski definition) is 3. The van der Waals surface area contributed by atoms with Crippen LogP contribution in [-0.2, 0) is 4.79 Å². The van der Waals surface area contributed by atoms with Crippen molar-refractivity contribution < 1.29 is 20.1 Å². The van der Waals surface area contributed by atoms with Crippen molar-refractivity contribution in [1.29, 1.82) is 0 Å². The van der Waals surface area contributed by atoms with Crippen LogP contribution in [0.3, 0.4) is 0 Å². The van der Waals surface area contributed by atoms with Crippen molar-refractivity contribution in [2.75, 3.05) is 0 Å². The Morgan fingerprint density at radius 1 is 0.955 bits per heavy atom. The van der Waals surface area contributed by atoms with E-state index in [0.29, 0.717) is 12.8 Å². The number of aliphatic carboxylic acids is 1. The molecule has 0 spiro atoms. The van der Waals surface area contributed by atoms with E-state index >= 15 is 0 Å². The standard InChI is InChI=1S/C18H30O4/c1-2-3-4-5-6-7-8-10-13-16(19)17(20)14-11-9-12-15-18(21)22/h3-4,6-7,10,13,16-17,19-20H,2,5,8-9,11-12,14-15H2,1H3,(H,21,22)/b4-3-,7-6-,13-10-/t16-,17+/m0/s1. The molecular weight excluding hydrogens is 280 g/mol. The van der Waals surface area contributed by atoms with E-state index in [2.05, 4.69) is 25.2 Å². The summed E-state index contributed by atoms with van der Waals surface area (Å²) < 4.78 is 0. The summed E-state index contributed by atoms with van der Waals surface area (Å²) in [5.41, 5.74) is 0. The summed E-state index contributed by atoms with van der Waals surface area (Å²) in [5, 5.41) is 28.1. The summed E-state index contributed by atoms with van der Waals surface area (Å²) in [6, 6.07) is 0. The Bertz CT molecular complexity index is 358. The minimum absolute atomic E-state index is 0.165. The van der Waals surface area contributed by atoms with E-state index in [1.54, 1.807) is 6.08 Å². The molecule has 4 heteroatoms. The van der Waals surface area contributed by atoms with Crippen molar-refractivity contribution in [3.05, 3.63) is 36.5 Å². The Balaban J connectivity index is 3.71. The number of rotatable bonds is 13. The summed E-state index contributed by atoms with van der Waals surface area (Å²) in [5.74, 6) is -0.790. The van der Waals surface area contributed by atoms with Crippen molar-refractivity contribution in [3.8, 4) is 0 Å². The van der Waals surface area contributed by atoms with Crippen LogP contribution in [0, 0.1) is 0 Å². The number of carboxylic acid groups (broad SMARTS) is 1. The molecule has 0 saturated heterocycles. The number of allylic oxidation sites excluding steroid dienone is 5. The Morgan fingerprint density at radius 2 is 1.59 bits per heavy atom.